The van der Waals surface area contributed by atoms with Gasteiger partial charge in [-0.05, 0) is 117 Å². The van der Waals surface area contributed by atoms with E-state index in [4.69, 9.17) is 15.0 Å². The van der Waals surface area contributed by atoms with Gasteiger partial charge in [0.05, 0.1) is 0 Å². The molecule has 0 N–H and O–H groups in total. The molecule has 258 valence electrons. The van der Waals surface area contributed by atoms with E-state index in [9.17, 15) is 0 Å². The number of hydrogen-bond acceptors (Lipinski definition) is 3. The maximum Gasteiger partial charge on any atom is 0.164 e. The van der Waals surface area contributed by atoms with Crippen LogP contribution >= 0.6 is 0 Å². The fraction of sp³-hybridized carbons (Fsp3) is 0.0784. The van der Waals surface area contributed by atoms with Crippen LogP contribution in [-0.4, -0.2) is 15.0 Å². The van der Waals surface area contributed by atoms with Gasteiger partial charge in [0.2, 0.25) is 0 Å². The number of hydrogen-bond donors (Lipinski definition) is 0. The Kier molecular flexibility index (Phi) is 9.27. The molecule has 0 amide bonds. The molecule has 0 unspecified atom stereocenters. The molecule has 9 rings (SSSR count). The summed E-state index contributed by atoms with van der Waals surface area (Å²) in [5.74, 6) is 2.10. The standard InChI is InChI=1S/C51H39N3/c1-5-15-36(16-6-1)38-27-29-39(30-28-38)47-33-46(37-17-7-2-8-18-37)34-48(35-47)44-25-13-23-42(31-44)43-24-14-26-45(32-43)51-53-49(40-19-9-3-10-20-40)52-50(54-51)41-21-11-4-12-22-41/h1,3-7,9-11,13-21,23-35H,2,8,12,22H2. The molecule has 2 aliphatic carbocycles. The number of nitrogens with zero attached hydrogens (tertiary/aromatic N) is 3. The SMILES string of the molecule is C1=CCCC(c2nc(-c3ccccc3)nc(-c3cccc(-c4cccc(-c5cc(C6=CCCC=C6)cc(-c6ccc(-c7ccccc7)cc6)c5)c4)c3)n2)=C1. The number of aromatic nitrogens is 3. The third-order valence-electron chi connectivity index (χ3n) is 10.2. The van der Waals surface area contributed by atoms with Gasteiger partial charge in [-0.15, -0.1) is 0 Å². The van der Waals surface area contributed by atoms with E-state index in [1.165, 1.54) is 44.5 Å². The summed E-state index contributed by atoms with van der Waals surface area (Å²) in [6.07, 6.45) is 17.4. The molecule has 0 aliphatic heterocycles. The molecule has 2 aliphatic rings. The molecule has 0 atom stereocenters. The van der Waals surface area contributed by atoms with Crippen LogP contribution in [0.4, 0.5) is 0 Å². The van der Waals surface area contributed by atoms with Crippen molar-refractivity contribution in [2.75, 3.05) is 0 Å². The van der Waals surface area contributed by atoms with Gasteiger partial charge in [-0.1, -0.05) is 158 Å². The van der Waals surface area contributed by atoms with Crippen molar-refractivity contribution in [1.29, 1.82) is 0 Å². The summed E-state index contributed by atoms with van der Waals surface area (Å²) in [6, 6.07) is 54.2. The van der Waals surface area contributed by atoms with Crippen molar-refractivity contribution in [2.45, 2.75) is 25.7 Å². The van der Waals surface area contributed by atoms with Gasteiger partial charge in [0.15, 0.2) is 17.5 Å². The van der Waals surface area contributed by atoms with Crippen LogP contribution in [0.3, 0.4) is 0 Å². The Bertz CT molecular complexity index is 2580. The van der Waals surface area contributed by atoms with Gasteiger partial charge in [0.25, 0.3) is 0 Å². The maximum atomic E-state index is 5.03. The molecule has 3 nitrogen and oxygen atoms in total. The average molecular weight is 694 g/mol. The molecular weight excluding hydrogens is 655 g/mol. The fourth-order valence-electron chi connectivity index (χ4n) is 7.31. The van der Waals surface area contributed by atoms with Crippen LogP contribution in [0.2, 0.25) is 0 Å². The van der Waals surface area contributed by atoms with Crippen LogP contribution in [0.15, 0.2) is 188 Å². The zero-order valence-corrected chi connectivity index (χ0v) is 30.1. The highest BCUT2D eigenvalue weighted by molar-refractivity contribution is 5.85. The first-order chi connectivity index (χ1) is 26.7. The Morgan fingerprint density at radius 2 is 0.852 bits per heavy atom. The largest absolute Gasteiger partial charge is 0.209 e. The molecule has 0 saturated heterocycles. The molecule has 0 fully saturated rings. The van der Waals surface area contributed by atoms with Gasteiger partial charge in [-0.2, -0.15) is 0 Å². The third-order valence-corrected chi connectivity index (χ3v) is 10.2. The third kappa shape index (κ3) is 7.17. The zero-order chi connectivity index (χ0) is 36.1. The molecule has 0 saturated carbocycles. The summed E-state index contributed by atoms with van der Waals surface area (Å²) < 4.78 is 0. The van der Waals surface area contributed by atoms with E-state index in [-0.39, 0.29) is 0 Å². The molecule has 1 aromatic heterocycles. The molecular formula is C51H39N3. The second-order valence-corrected chi connectivity index (χ2v) is 13.9. The van der Waals surface area contributed by atoms with Crippen LogP contribution in [0.5, 0.6) is 0 Å². The Morgan fingerprint density at radius 3 is 1.50 bits per heavy atom. The molecule has 0 bridgehead atoms. The van der Waals surface area contributed by atoms with Crippen molar-refractivity contribution >= 4 is 11.1 Å². The van der Waals surface area contributed by atoms with E-state index in [0.717, 1.165) is 59.3 Å². The number of benzene rings is 6. The first kappa shape index (κ1) is 33.1. The highest BCUT2D eigenvalue weighted by Crippen LogP contribution is 2.36. The summed E-state index contributed by atoms with van der Waals surface area (Å²) in [5.41, 5.74) is 15.1. The smallest absolute Gasteiger partial charge is 0.164 e. The predicted octanol–water partition coefficient (Wildman–Crippen LogP) is 13.3. The Labute approximate surface area is 317 Å². The van der Waals surface area contributed by atoms with Crippen molar-refractivity contribution < 1.29 is 0 Å². The monoisotopic (exact) mass is 693 g/mol. The topological polar surface area (TPSA) is 38.7 Å². The summed E-state index contributed by atoms with van der Waals surface area (Å²) in [6.45, 7) is 0. The van der Waals surface area contributed by atoms with Crippen molar-refractivity contribution in [1.82, 2.24) is 15.0 Å². The lowest BCUT2D eigenvalue weighted by Gasteiger charge is -2.15. The minimum atomic E-state index is 0.678. The molecule has 54 heavy (non-hydrogen) atoms. The predicted molar refractivity (Wildman–Crippen MR) is 225 cm³/mol. The van der Waals surface area contributed by atoms with Gasteiger partial charge >= 0.3 is 0 Å². The van der Waals surface area contributed by atoms with Gasteiger partial charge in [0, 0.05) is 11.1 Å². The molecule has 0 spiro atoms. The van der Waals surface area contributed by atoms with E-state index in [1.54, 1.807) is 0 Å². The summed E-state index contributed by atoms with van der Waals surface area (Å²) in [7, 11) is 0. The van der Waals surface area contributed by atoms with E-state index in [2.05, 4.69) is 170 Å². The van der Waals surface area contributed by atoms with E-state index in [1.807, 2.05) is 18.2 Å². The second-order valence-electron chi connectivity index (χ2n) is 13.9. The molecule has 1 heterocycles. The fourth-order valence-corrected chi connectivity index (χ4v) is 7.31. The molecule has 7 aromatic rings. The zero-order valence-electron chi connectivity index (χ0n) is 30.1. The van der Waals surface area contributed by atoms with E-state index < -0.39 is 0 Å². The molecule has 3 heteroatoms. The van der Waals surface area contributed by atoms with E-state index >= 15 is 0 Å². The highest BCUT2D eigenvalue weighted by Gasteiger charge is 2.16. The van der Waals surface area contributed by atoms with Gasteiger partial charge in [0.1, 0.15) is 0 Å². The Hall–Kier alpha value is -6.71. The van der Waals surface area contributed by atoms with Gasteiger partial charge < -0.3 is 0 Å². The number of rotatable bonds is 8. The normalized spacial score (nSPS) is 13.7. The minimum absolute atomic E-state index is 0.678. The summed E-state index contributed by atoms with van der Waals surface area (Å²) in [4.78, 5) is 15.0. The minimum Gasteiger partial charge on any atom is -0.209 e. The Morgan fingerprint density at radius 1 is 0.352 bits per heavy atom. The van der Waals surface area contributed by atoms with Crippen LogP contribution < -0.4 is 0 Å². The maximum absolute atomic E-state index is 5.03. The summed E-state index contributed by atoms with van der Waals surface area (Å²) >= 11 is 0. The molecule has 6 aromatic carbocycles. The first-order valence-electron chi connectivity index (χ1n) is 18.8. The van der Waals surface area contributed by atoms with Gasteiger partial charge in [-0.25, -0.2) is 15.0 Å². The van der Waals surface area contributed by atoms with E-state index in [0.29, 0.717) is 11.6 Å². The molecule has 0 radical (unpaired) electrons. The first-order valence-corrected chi connectivity index (χ1v) is 18.8. The quantitative estimate of drug-likeness (QED) is 0.159. The highest BCUT2D eigenvalue weighted by atomic mass is 15.0. The van der Waals surface area contributed by atoms with Crippen molar-refractivity contribution in [3.05, 3.63) is 200 Å². The average Bonchev–Trinajstić information content (AvgIpc) is 3.27. The number of allylic oxidation sites excluding steroid dienone is 8. The lowest BCUT2D eigenvalue weighted by atomic mass is 9.90. The second kappa shape index (κ2) is 15.1. The lowest BCUT2D eigenvalue weighted by molar-refractivity contribution is 0.978. The van der Waals surface area contributed by atoms with Crippen LogP contribution in [0, 0.1) is 0 Å². The van der Waals surface area contributed by atoms with Crippen molar-refractivity contribution in [3.63, 3.8) is 0 Å². The Balaban J connectivity index is 1.09. The summed E-state index contributed by atoms with van der Waals surface area (Å²) in [5, 5.41) is 0. The van der Waals surface area contributed by atoms with Crippen LogP contribution in [-0.2, 0) is 0 Å². The van der Waals surface area contributed by atoms with Crippen LogP contribution in [0.1, 0.15) is 37.1 Å². The lowest BCUT2D eigenvalue weighted by Crippen LogP contribution is -2.03. The van der Waals surface area contributed by atoms with Crippen molar-refractivity contribution in [2.24, 2.45) is 0 Å². The van der Waals surface area contributed by atoms with Crippen LogP contribution in [0.25, 0.3) is 78.4 Å². The van der Waals surface area contributed by atoms with Gasteiger partial charge in [-0.3, -0.25) is 0 Å². The van der Waals surface area contributed by atoms with Crippen molar-refractivity contribution in [3.8, 4) is 67.3 Å².